The zero-order valence-corrected chi connectivity index (χ0v) is 14.7. The van der Waals surface area contributed by atoms with E-state index in [4.69, 9.17) is 4.74 Å². The predicted molar refractivity (Wildman–Crippen MR) is 91.5 cm³/mol. The van der Waals surface area contributed by atoms with Crippen LogP contribution < -0.4 is 9.46 Å². The molecular weight excluding hydrogens is 347 g/mol. The second-order valence-electron chi connectivity index (χ2n) is 5.24. The summed E-state index contributed by atoms with van der Waals surface area (Å²) in [4.78, 5) is 13.8. The minimum atomic E-state index is -3.54. The van der Waals surface area contributed by atoms with Gasteiger partial charge in [-0.1, -0.05) is 12.1 Å². The Morgan fingerprint density at radius 1 is 1.16 bits per heavy atom. The molecule has 0 atom stereocenters. The summed E-state index contributed by atoms with van der Waals surface area (Å²) < 4.78 is 44.3. The first-order chi connectivity index (χ1) is 11.8. The van der Waals surface area contributed by atoms with E-state index in [-0.39, 0.29) is 29.7 Å². The summed E-state index contributed by atoms with van der Waals surface area (Å²) in [7, 11) is -0.634. The lowest BCUT2D eigenvalue weighted by Crippen LogP contribution is -2.31. The molecule has 0 aliphatic heterocycles. The van der Waals surface area contributed by atoms with E-state index in [0.717, 1.165) is 0 Å². The molecule has 134 valence electrons. The molecule has 25 heavy (non-hydrogen) atoms. The molecule has 8 heteroatoms. The Morgan fingerprint density at radius 3 is 2.40 bits per heavy atom. The first kappa shape index (κ1) is 18.9. The highest BCUT2D eigenvalue weighted by Gasteiger charge is 2.15. The van der Waals surface area contributed by atoms with Gasteiger partial charge in [-0.2, -0.15) is 0 Å². The van der Waals surface area contributed by atoms with Crippen LogP contribution in [0.5, 0.6) is 5.75 Å². The van der Waals surface area contributed by atoms with E-state index < -0.39 is 15.8 Å². The van der Waals surface area contributed by atoms with Gasteiger partial charge in [0.25, 0.3) is 5.91 Å². The topological polar surface area (TPSA) is 75.7 Å². The molecular formula is C17H19FN2O4S. The predicted octanol–water partition coefficient (Wildman–Crippen LogP) is 1.88. The van der Waals surface area contributed by atoms with Gasteiger partial charge >= 0.3 is 0 Å². The Balaban J connectivity index is 1.94. The number of carbonyl (C=O) groups is 1. The summed E-state index contributed by atoms with van der Waals surface area (Å²) in [5.74, 6) is -0.617. The zero-order valence-electron chi connectivity index (χ0n) is 13.9. The number of ether oxygens (including phenoxy) is 1. The van der Waals surface area contributed by atoms with Crippen molar-refractivity contribution in [3.8, 4) is 5.75 Å². The molecule has 2 rings (SSSR count). The van der Waals surface area contributed by atoms with Crippen molar-refractivity contribution in [3.05, 3.63) is 59.9 Å². The van der Waals surface area contributed by atoms with Crippen LogP contribution in [0.2, 0.25) is 0 Å². The molecule has 2 aromatic rings. The van der Waals surface area contributed by atoms with Crippen molar-refractivity contribution in [2.45, 2.75) is 4.90 Å². The number of nitrogens with zero attached hydrogens (tertiary/aromatic N) is 1. The zero-order chi connectivity index (χ0) is 18.4. The van der Waals surface area contributed by atoms with Crippen LogP contribution >= 0.6 is 0 Å². The lowest BCUT2D eigenvalue weighted by molar-refractivity contribution is 0.0773. The van der Waals surface area contributed by atoms with E-state index in [2.05, 4.69) is 4.72 Å². The number of halogens is 1. The first-order valence-electron chi connectivity index (χ1n) is 7.51. The summed E-state index contributed by atoms with van der Waals surface area (Å²) in [5, 5.41) is 0. The summed E-state index contributed by atoms with van der Waals surface area (Å²) in [6.45, 7) is 0.388. The Morgan fingerprint density at radius 2 is 1.80 bits per heavy atom. The SMILES string of the molecule is CNS(=O)(=O)c1ccc(C(=O)N(C)CCOc2ccccc2F)cc1. The fourth-order valence-electron chi connectivity index (χ4n) is 2.07. The lowest BCUT2D eigenvalue weighted by Gasteiger charge is -2.18. The van der Waals surface area contributed by atoms with Crippen LogP contribution in [0, 0.1) is 5.82 Å². The number of benzene rings is 2. The van der Waals surface area contributed by atoms with Crippen molar-refractivity contribution in [1.29, 1.82) is 0 Å². The van der Waals surface area contributed by atoms with Gasteiger partial charge in [0, 0.05) is 12.6 Å². The van der Waals surface area contributed by atoms with E-state index in [1.165, 1.54) is 48.3 Å². The number of sulfonamides is 1. The summed E-state index contributed by atoms with van der Waals surface area (Å²) in [5.41, 5.74) is 0.350. The average molecular weight is 366 g/mol. The molecule has 1 amide bonds. The third kappa shape index (κ3) is 4.77. The number of rotatable bonds is 7. The molecule has 0 heterocycles. The first-order valence-corrected chi connectivity index (χ1v) is 9.00. The number of carbonyl (C=O) groups excluding carboxylic acids is 1. The molecule has 0 saturated carbocycles. The normalized spacial score (nSPS) is 11.2. The van der Waals surface area contributed by atoms with Gasteiger partial charge in [-0.25, -0.2) is 17.5 Å². The van der Waals surface area contributed by atoms with Crippen LogP contribution in [0.25, 0.3) is 0 Å². The van der Waals surface area contributed by atoms with E-state index in [9.17, 15) is 17.6 Å². The number of likely N-dealkylation sites (N-methyl/N-ethyl adjacent to an activating group) is 1. The number of para-hydroxylation sites is 1. The number of hydrogen-bond donors (Lipinski definition) is 1. The van der Waals surface area contributed by atoms with Gasteiger partial charge in [0.1, 0.15) is 6.61 Å². The van der Waals surface area contributed by atoms with Crippen LogP contribution in [0.1, 0.15) is 10.4 Å². The van der Waals surface area contributed by atoms with Gasteiger partial charge < -0.3 is 9.64 Å². The summed E-state index contributed by atoms with van der Waals surface area (Å²) in [6.07, 6.45) is 0. The Hall–Kier alpha value is -2.45. The van der Waals surface area contributed by atoms with Crippen LogP contribution in [0.15, 0.2) is 53.4 Å². The maximum Gasteiger partial charge on any atom is 0.253 e. The minimum absolute atomic E-state index is 0.0806. The third-order valence-corrected chi connectivity index (χ3v) is 4.98. The Labute approximate surface area is 146 Å². The van der Waals surface area contributed by atoms with Crippen LogP contribution in [0.4, 0.5) is 4.39 Å². The molecule has 0 aliphatic rings. The second kappa shape index (κ2) is 8.09. The van der Waals surface area contributed by atoms with E-state index in [1.54, 1.807) is 19.2 Å². The largest absolute Gasteiger partial charge is 0.489 e. The van der Waals surface area contributed by atoms with Gasteiger partial charge in [0.2, 0.25) is 10.0 Å². The van der Waals surface area contributed by atoms with E-state index in [0.29, 0.717) is 5.56 Å². The highest BCUT2D eigenvalue weighted by molar-refractivity contribution is 7.89. The maximum absolute atomic E-state index is 13.4. The highest BCUT2D eigenvalue weighted by Crippen LogP contribution is 2.15. The molecule has 0 saturated heterocycles. The quantitative estimate of drug-likeness (QED) is 0.812. The van der Waals surface area contributed by atoms with Crippen molar-refractivity contribution in [2.24, 2.45) is 0 Å². The number of hydrogen-bond acceptors (Lipinski definition) is 4. The highest BCUT2D eigenvalue weighted by atomic mass is 32.2. The van der Waals surface area contributed by atoms with Gasteiger partial charge in [-0.3, -0.25) is 4.79 Å². The minimum Gasteiger partial charge on any atom is -0.489 e. The molecule has 6 nitrogen and oxygen atoms in total. The molecule has 0 fully saturated rings. The van der Waals surface area contributed by atoms with Crippen LogP contribution in [-0.2, 0) is 10.0 Å². The van der Waals surface area contributed by atoms with Gasteiger partial charge in [-0.15, -0.1) is 0 Å². The van der Waals surface area contributed by atoms with Gasteiger partial charge in [0.15, 0.2) is 11.6 Å². The molecule has 2 aromatic carbocycles. The molecule has 0 aromatic heterocycles. The monoisotopic (exact) mass is 366 g/mol. The molecule has 0 aliphatic carbocycles. The Kier molecular flexibility index (Phi) is 6.11. The molecule has 0 bridgehead atoms. The lowest BCUT2D eigenvalue weighted by atomic mass is 10.2. The fourth-order valence-corrected chi connectivity index (χ4v) is 2.80. The van der Waals surface area contributed by atoms with Crippen molar-refractivity contribution in [1.82, 2.24) is 9.62 Å². The van der Waals surface area contributed by atoms with Crippen LogP contribution in [0.3, 0.4) is 0 Å². The van der Waals surface area contributed by atoms with Crippen LogP contribution in [-0.4, -0.2) is 46.5 Å². The smallest absolute Gasteiger partial charge is 0.253 e. The van der Waals surface area contributed by atoms with E-state index >= 15 is 0 Å². The van der Waals surface area contributed by atoms with Crippen molar-refractivity contribution in [2.75, 3.05) is 27.2 Å². The molecule has 0 radical (unpaired) electrons. The molecule has 1 N–H and O–H groups in total. The molecule has 0 spiro atoms. The maximum atomic E-state index is 13.4. The standard InChI is InChI=1S/C17H19FN2O4S/c1-19-25(22,23)14-9-7-13(8-10-14)17(21)20(2)11-12-24-16-6-4-3-5-15(16)18/h3-10,19H,11-12H2,1-2H3. The average Bonchev–Trinajstić information content (AvgIpc) is 2.62. The van der Waals surface area contributed by atoms with Crippen molar-refractivity contribution >= 4 is 15.9 Å². The van der Waals surface area contributed by atoms with Crippen molar-refractivity contribution in [3.63, 3.8) is 0 Å². The molecule has 0 unspecified atom stereocenters. The van der Waals surface area contributed by atoms with E-state index in [1.807, 2.05) is 0 Å². The number of amides is 1. The second-order valence-corrected chi connectivity index (χ2v) is 7.12. The third-order valence-electron chi connectivity index (χ3n) is 3.55. The Bertz CT molecular complexity index is 838. The summed E-state index contributed by atoms with van der Waals surface area (Å²) in [6, 6.07) is 11.7. The fraction of sp³-hybridized carbons (Fsp3) is 0.235. The van der Waals surface area contributed by atoms with Gasteiger partial charge in [0.05, 0.1) is 11.4 Å². The summed E-state index contributed by atoms with van der Waals surface area (Å²) >= 11 is 0. The van der Waals surface area contributed by atoms with Gasteiger partial charge in [-0.05, 0) is 43.4 Å². The number of nitrogens with one attached hydrogen (secondary N) is 1. The van der Waals surface area contributed by atoms with Crippen molar-refractivity contribution < 1.29 is 22.3 Å².